The number of nitro benzene ring substituents is 1. The van der Waals surface area contributed by atoms with Gasteiger partial charge in [-0.25, -0.2) is 5.43 Å². The minimum atomic E-state index is -0.488. The number of nitro groups is 1. The zero-order valence-electron chi connectivity index (χ0n) is 19.2. The van der Waals surface area contributed by atoms with Crippen molar-refractivity contribution in [3.05, 3.63) is 90.8 Å². The van der Waals surface area contributed by atoms with Crippen LogP contribution in [0.3, 0.4) is 0 Å². The molecule has 35 heavy (non-hydrogen) atoms. The lowest BCUT2D eigenvalue weighted by Crippen LogP contribution is -2.23. The van der Waals surface area contributed by atoms with Crippen LogP contribution < -0.4 is 10.7 Å². The Morgan fingerprint density at radius 3 is 2.57 bits per heavy atom. The summed E-state index contributed by atoms with van der Waals surface area (Å²) >= 11 is 3.47. The molecule has 0 atom stereocenters. The van der Waals surface area contributed by atoms with Crippen LogP contribution in [0, 0.1) is 24.0 Å². The van der Waals surface area contributed by atoms with Crippen molar-refractivity contribution in [2.45, 2.75) is 39.5 Å². The summed E-state index contributed by atoms with van der Waals surface area (Å²) in [6.45, 7) is 3.77. The van der Waals surface area contributed by atoms with E-state index in [1.165, 1.54) is 12.1 Å². The van der Waals surface area contributed by atoms with Gasteiger partial charge in [0.05, 0.1) is 22.7 Å². The molecule has 0 radical (unpaired) electrons. The number of halogens is 1. The number of hydrazone groups is 1. The Morgan fingerprint density at radius 2 is 1.89 bits per heavy atom. The highest BCUT2D eigenvalue weighted by Gasteiger charge is 2.28. The molecule has 0 fully saturated rings. The van der Waals surface area contributed by atoms with Crippen molar-refractivity contribution in [1.82, 2.24) is 5.43 Å². The first-order valence-electron chi connectivity index (χ1n) is 11.0. The summed E-state index contributed by atoms with van der Waals surface area (Å²) in [5, 5.41) is 18.0. The average molecular weight is 539 g/mol. The molecule has 0 bridgehead atoms. The fourth-order valence-electron chi connectivity index (χ4n) is 3.99. The molecule has 4 rings (SSSR count). The van der Waals surface area contributed by atoms with Crippen LogP contribution in [0.1, 0.15) is 51.4 Å². The highest BCUT2D eigenvalue weighted by molar-refractivity contribution is 9.10. The predicted octanol–water partition coefficient (Wildman–Crippen LogP) is 5.22. The van der Waals surface area contributed by atoms with E-state index in [2.05, 4.69) is 31.8 Å². The summed E-state index contributed by atoms with van der Waals surface area (Å²) in [4.78, 5) is 35.6. The van der Waals surface area contributed by atoms with E-state index in [0.29, 0.717) is 41.1 Å². The van der Waals surface area contributed by atoms with Crippen molar-refractivity contribution in [1.29, 1.82) is 0 Å². The first kappa shape index (κ1) is 24.3. The van der Waals surface area contributed by atoms with E-state index in [1.807, 2.05) is 25.1 Å². The van der Waals surface area contributed by atoms with Gasteiger partial charge < -0.3 is 9.73 Å². The van der Waals surface area contributed by atoms with E-state index in [1.54, 1.807) is 19.1 Å². The van der Waals surface area contributed by atoms with Gasteiger partial charge in [0, 0.05) is 34.2 Å². The fraction of sp³-hybridized carbons (Fsp3) is 0.240. The minimum absolute atomic E-state index is 0.0328. The molecular formula is C25H23BrN4O5. The third kappa shape index (κ3) is 5.48. The van der Waals surface area contributed by atoms with Crippen molar-refractivity contribution in [2.24, 2.45) is 5.10 Å². The third-order valence-electron chi connectivity index (χ3n) is 5.73. The maximum Gasteiger partial charge on any atom is 0.291 e. The molecule has 1 aliphatic carbocycles. The maximum atomic E-state index is 13.0. The lowest BCUT2D eigenvalue weighted by Gasteiger charge is -2.13. The third-order valence-corrected chi connectivity index (χ3v) is 6.39. The summed E-state index contributed by atoms with van der Waals surface area (Å²) in [5.41, 5.74) is 6.95. The number of anilines is 1. The molecule has 1 aliphatic rings. The van der Waals surface area contributed by atoms with Crippen LogP contribution in [0.5, 0.6) is 0 Å². The fourth-order valence-corrected chi connectivity index (χ4v) is 4.58. The number of carbonyl (C=O) groups excluding carboxylic acids is 2. The van der Waals surface area contributed by atoms with Crippen molar-refractivity contribution in [3.63, 3.8) is 0 Å². The molecule has 0 saturated heterocycles. The second-order valence-electron chi connectivity index (χ2n) is 8.34. The van der Waals surface area contributed by atoms with Crippen molar-refractivity contribution < 1.29 is 18.9 Å². The molecule has 2 aromatic carbocycles. The number of hydrogen-bond donors (Lipinski definition) is 2. The Labute approximate surface area is 209 Å². The molecule has 0 saturated carbocycles. The van der Waals surface area contributed by atoms with Crippen LogP contribution in [0.25, 0.3) is 0 Å². The zero-order chi connectivity index (χ0) is 25.1. The van der Waals surface area contributed by atoms with Crippen LogP contribution in [-0.2, 0) is 17.6 Å². The van der Waals surface area contributed by atoms with Gasteiger partial charge >= 0.3 is 0 Å². The number of rotatable bonds is 6. The number of amides is 2. The van der Waals surface area contributed by atoms with Crippen LogP contribution >= 0.6 is 15.9 Å². The summed E-state index contributed by atoms with van der Waals surface area (Å²) in [6.07, 6.45) is 2.12. The summed E-state index contributed by atoms with van der Waals surface area (Å²) in [7, 11) is 0. The quantitative estimate of drug-likeness (QED) is 0.328. The van der Waals surface area contributed by atoms with Gasteiger partial charge in [0.25, 0.3) is 11.6 Å². The molecule has 0 unspecified atom stereocenters. The second kappa shape index (κ2) is 10.2. The highest BCUT2D eigenvalue weighted by Crippen LogP contribution is 2.31. The molecule has 9 nitrogen and oxygen atoms in total. The van der Waals surface area contributed by atoms with Gasteiger partial charge in [-0.05, 0) is 65.9 Å². The Morgan fingerprint density at radius 1 is 1.14 bits per heavy atom. The van der Waals surface area contributed by atoms with E-state index in [0.717, 1.165) is 22.0 Å². The number of carbonyl (C=O) groups is 2. The Bertz CT molecular complexity index is 1340. The lowest BCUT2D eigenvalue weighted by molar-refractivity contribution is -0.384. The van der Waals surface area contributed by atoms with Crippen molar-refractivity contribution in [3.8, 4) is 0 Å². The molecule has 1 heterocycles. The number of non-ortho nitro benzene ring substituents is 1. The van der Waals surface area contributed by atoms with Crippen molar-refractivity contribution >= 4 is 44.8 Å². The number of nitrogens with zero attached hydrogens (tertiary/aromatic N) is 2. The summed E-state index contributed by atoms with van der Waals surface area (Å²) < 4.78 is 6.70. The smallest absolute Gasteiger partial charge is 0.291 e. The van der Waals surface area contributed by atoms with Crippen molar-refractivity contribution in [2.75, 3.05) is 5.32 Å². The predicted molar refractivity (Wildman–Crippen MR) is 135 cm³/mol. The Hall–Kier alpha value is -3.79. The van der Waals surface area contributed by atoms with E-state index in [-0.39, 0.29) is 29.7 Å². The van der Waals surface area contributed by atoms with E-state index in [9.17, 15) is 19.7 Å². The molecular weight excluding hydrogens is 516 g/mol. The van der Waals surface area contributed by atoms with E-state index in [4.69, 9.17) is 4.42 Å². The summed E-state index contributed by atoms with van der Waals surface area (Å²) in [6, 6.07) is 11.5. The molecule has 3 aromatic rings. The summed E-state index contributed by atoms with van der Waals surface area (Å²) in [5.74, 6) is 0.185. The van der Waals surface area contributed by atoms with Crippen LogP contribution in [0.15, 0.2) is 56.5 Å². The first-order valence-corrected chi connectivity index (χ1v) is 11.8. The zero-order valence-corrected chi connectivity index (χ0v) is 20.8. The lowest BCUT2D eigenvalue weighted by atomic mass is 9.93. The molecule has 0 spiro atoms. The monoisotopic (exact) mass is 538 g/mol. The number of furan rings is 1. The molecule has 0 aliphatic heterocycles. The van der Waals surface area contributed by atoms with E-state index < -0.39 is 4.92 Å². The van der Waals surface area contributed by atoms with Gasteiger partial charge in [-0.15, -0.1) is 0 Å². The van der Waals surface area contributed by atoms with Gasteiger partial charge in [-0.2, -0.15) is 5.10 Å². The SMILES string of the molecule is Cc1ccc(NC(=O)c2oc3c(c2C)/C(=N/NC(=O)Cc2ccc([N+](=O)[O-])cc2)CCC3)c(Br)c1. The number of fused-ring (bicyclic) bond motifs is 1. The Balaban J connectivity index is 1.48. The normalized spacial score (nSPS) is 13.9. The minimum Gasteiger partial charge on any atom is -0.455 e. The first-order chi connectivity index (χ1) is 16.7. The van der Waals surface area contributed by atoms with Gasteiger partial charge in [-0.3, -0.25) is 19.7 Å². The average Bonchev–Trinajstić information content (AvgIpc) is 3.17. The number of hydrogen-bond acceptors (Lipinski definition) is 6. The molecule has 1 aromatic heterocycles. The molecule has 2 N–H and O–H groups in total. The molecule has 2 amide bonds. The van der Waals surface area contributed by atoms with Gasteiger partial charge in [0.1, 0.15) is 5.76 Å². The standard InChI is InChI=1S/C25H23BrN4O5/c1-14-6-11-19(18(26)12-14)27-25(32)24-15(2)23-20(4-3-5-21(23)35-24)28-29-22(31)13-16-7-9-17(10-8-16)30(33)34/h6-12H,3-5,13H2,1-2H3,(H,27,32)(H,29,31)/b28-20+. The maximum absolute atomic E-state index is 13.0. The van der Waals surface area contributed by atoms with E-state index >= 15 is 0 Å². The molecule has 10 heteroatoms. The number of nitrogens with one attached hydrogen (secondary N) is 2. The van der Waals surface area contributed by atoms with Crippen LogP contribution in [-0.4, -0.2) is 22.4 Å². The Kier molecular flexibility index (Phi) is 7.11. The topological polar surface area (TPSA) is 127 Å². The van der Waals surface area contributed by atoms with Crippen LogP contribution in [0.4, 0.5) is 11.4 Å². The largest absolute Gasteiger partial charge is 0.455 e. The van der Waals surface area contributed by atoms with Gasteiger partial charge in [0.15, 0.2) is 5.76 Å². The second-order valence-corrected chi connectivity index (χ2v) is 9.19. The van der Waals surface area contributed by atoms with Gasteiger partial charge in [-0.1, -0.05) is 18.2 Å². The molecule has 180 valence electrons. The number of aryl methyl sites for hydroxylation is 2. The highest BCUT2D eigenvalue weighted by atomic mass is 79.9. The number of benzene rings is 2. The van der Waals surface area contributed by atoms with Crippen LogP contribution in [0.2, 0.25) is 0 Å². The van der Waals surface area contributed by atoms with Gasteiger partial charge in [0.2, 0.25) is 5.91 Å².